The number of hydrogen-bond donors (Lipinski definition) is 0. The van der Waals surface area contributed by atoms with E-state index in [-0.39, 0.29) is 16.0 Å². The second-order valence-corrected chi connectivity index (χ2v) is 15.1. The maximum atomic E-state index is 11.8. The topological polar surface area (TPSA) is 66.9 Å². The number of nitro benzene ring substituents is 1. The highest BCUT2D eigenvalue weighted by molar-refractivity contribution is 7.74. The zero-order valence-electron chi connectivity index (χ0n) is 25.9. The van der Waals surface area contributed by atoms with Crippen molar-refractivity contribution in [1.82, 2.24) is 9.24 Å². The second-order valence-electron chi connectivity index (χ2n) is 12.0. The lowest BCUT2D eigenvalue weighted by atomic mass is 9.84. The predicted octanol–water partition coefficient (Wildman–Crippen LogP) is 8.93. The van der Waals surface area contributed by atoms with Gasteiger partial charge in [-0.25, -0.2) is 4.74 Å². The second kappa shape index (κ2) is 10.5. The largest absolute Gasteiger partial charge is 0.347 e. The number of nitro groups is 1. The highest BCUT2D eigenvalue weighted by atomic mass is 31.2. The molecule has 220 valence electrons. The lowest BCUT2D eigenvalue weighted by Crippen LogP contribution is -2.25. The number of benzene rings is 4. The molecule has 5 aromatic rings. The molecule has 0 bridgehead atoms. The van der Waals surface area contributed by atoms with Crippen LogP contribution in [0, 0.1) is 17.0 Å². The maximum Gasteiger partial charge on any atom is 0.271 e. The van der Waals surface area contributed by atoms with E-state index in [1.165, 1.54) is 38.8 Å². The van der Waals surface area contributed by atoms with Gasteiger partial charge < -0.3 is 9.47 Å². The SMILES string of the molecule is CCn1c2ccccc2c2cc(P(/C=C3/N(C)c4ccccc4C3(C)C)(=Nc3cc([N+](=O)[O-])ccc3C)N(C)C)ccc21. The molecule has 0 saturated heterocycles. The minimum atomic E-state index is -2.67. The number of para-hydroxylation sites is 2. The van der Waals surface area contributed by atoms with Gasteiger partial charge >= 0.3 is 0 Å². The summed E-state index contributed by atoms with van der Waals surface area (Å²) in [6, 6.07) is 28.8. The van der Waals surface area contributed by atoms with Crippen molar-refractivity contribution in [1.29, 1.82) is 0 Å². The number of hydrogen-bond acceptors (Lipinski definition) is 4. The monoisotopic (exact) mass is 591 g/mol. The zero-order chi connectivity index (χ0) is 30.7. The molecule has 8 heteroatoms. The van der Waals surface area contributed by atoms with E-state index in [4.69, 9.17) is 4.74 Å². The molecule has 0 N–H and O–H groups in total. The molecule has 6 rings (SSSR count). The van der Waals surface area contributed by atoms with Crippen molar-refractivity contribution in [2.75, 3.05) is 26.0 Å². The number of fused-ring (bicyclic) bond motifs is 4. The zero-order valence-corrected chi connectivity index (χ0v) is 26.8. The van der Waals surface area contributed by atoms with Crippen LogP contribution in [0.15, 0.2) is 101 Å². The van der Waals surface area contributed by atoms with Gasteiger partial charge in [0.25, 0.3) is 5.69 Å². The van der Waals surface area contributed by atoms with Crippen LogP contribution in [0.25, 0.3) is 21.8 Å². The molecule has 2 heterocycles. The van der Waals surface area contributed by atoms with Gasteiger partial charge in [0.05, 0.1) is 17.8 Å². The standard InChI is InChI=1S/C35H38N5O2P/c1-8-39-31-15-11-9-13-27(31)28-22-26(19-20-32(28)39)43(37(5)6,36-30-21-25(40(41)42)18-17-24(30)2)23-34-35(3,4)29-14-10-12-16-33(29)38(34)7/h9-23H,8H2,1-7H3/b34-23+. The Labute approximate surface area is 253 Å². The van der Waals surface area contributed by atoms with Gasteiger partial charge in [-0.15, -0.1) is 0 Å². The van der Waals surface area contributed by atoms with Gasteiger partial charge in [-0.3, -0.25) is 14.8 Å². The van der Waals surface area contributed by atoms with Crippen molar-refractivity contribution in [3.05, 3.63) is 118 Å². The van der Waals surface area contributed by atoms with E-state index in [9.17, 15) is 10.1 Å². The van der Waals surface area contributed by atoms with E-state index >= 15 is 0 Å². The summed E-state index contributed by atoms with van der Waals surface area (Å²) in [6.07, 6.45) is 0. The molecule has 1 aliphatic heterocycles. The number of aromatic nitrogens is 1. The van der Waals surface area contributed by atoms with E-state index in [1.807, 2.05) is 6.92 Å². The first-order valence-corrected chi connectivity index (χ1v) is 16.4. The molecule has 1 atom stereocenters. The van der Waals surface area contributed by atoms with Crippen LogP contribution in [0.4, 0.5) is 17.1 Å². The van der Waals surface area contributed by atoms with Gasteiger partial charge in [-0.2, -0.15) is 0 Å². The molecular weight excluding hydrogens is 553 g/mol. The Morgan fingerprint density at radius 2 is 1.65 bits per heavy atom. The summed E-state index contributed by atoms with van der Waals surface area (Å²) in [5.74, 6) is 2.37. The Bertz CT molecular complexity index is 2000. The predicted molar refractivity (Wildman–Crippen MR) is 181 cm³/mol. The van der Waals surface area contributed by atoms with Crippen molar-refractivity contribution in [2.45, 2.75) is 39.7 Å². The Morgan fingerprint density at radius 3 is 2.35 bits per heavy atom. The molecule has 1 unspecified atom stereocenters. The number of aryl methyl sites for hydroxylation is 2. The third kappa shape index (κ3) is 4.50. The van der Waals surface area contributed by atoms with E-state index in [0.717, 1.165) is 17.4 Å². The molecule has 0 spiro atoms. The van der Waals surface area contributed by atoms with Gasteiger partial charge in [-0.05, 0) is 75.2 Å². The summed E-state index contributed by atoms with van der Waals surface area (Å²) in [5.41, 5.74) is 7.35. The first-order valence-electron chi connectivity index (χ1n) is 14.6. The van der Waals surface area contributed by atoms with Gasteiger partial charge in [-0.1, -0.05) is 56.3 Å². The van der Waals surface area contributed by atoms with Crippen molar-refractivity contribution in [3.63, 3.8) is 0 Å². The fourth-order valence-electron chi connectivity index (χ4n) is 6.57. The van der Waals surface area contributed by atoms with Crippen LogP contribution >= 0.6 is 7.21 Å². The summed E-state index contributed by atoms with van der Waals surface area (Å²) in [7, 11) is 3.61. The van der Waals surface area contributed by atoms with Crippen LogP contribution in [0.3, 0.4) is 0 Å². The molecule has 1 aromatic heterocycles. The van der Waals surface area contributed by atoms with Gasteiger partial charge in [0.1, 0.15) is 0 Å². The quantitative estimate of drug-likeness (QED) is 0.112. The fourth-order valence-corrected chi connectivity index (χ4v) is 9.76. The summed E-state index contributed by atoms with van der Waals surface area (Å²) in [4.78, 5) is 13.7. The number of rotatable bonds is 6. The lowest BCUT2D eigenvalue weighted by Gasteiger charge is -2.33. The minimum absolute atomic E-state index is 0.0426. The molecule has 0 radical (unpaired) electrons. The number of anilines is 1. The van der Waals surface area contributed by atoms with Crippen LogP contribution in [0.1, 0.15) is 31.9 Å². The van der Waals surface area contributed by atoms with E-state index < -0.39 is 7.21 Å². The normalized spacial score (nSPS) is 16.7. The number of non-ortho nitro benzene ring substituents is 1. The minimum Gasteiger partial charge on any atom is -0.347 e. The van der Waals surface area contributed by atoms with Gasteiger partial charge in [0.2, 0.25) is 0 Å². The highest BCUT2D eigenvalue weighted by Crippen LogP contribution is 2.59. The molecule has 1 aliphatic rings. The van der Waals surface area contributed by atoms with Crippen molar-refractivity contribution in [2.24, 2.45) is 4.74 Å². The van der Waals surface area contributed by atoms with Crippen LogP contribution in [0.5, 0.6) is 0 Å². The van der Waals surface area contributed by atoms with E-state index in [1.54, 1.807) is 18.2 Å². The Morgan fingerprint density at radius 1 is 0.953 bits per heavy atom. The average Bonchev–Trinajstić information content (AvgIpc) is 3.41. The van der Waals surface area contributed by atoms with Crippen molar-refractivity contribution >= 4 is 51.4 Å². The van der Waals surface area contributed by atoms with Crippen molar-refractivity contribution in [3.8, 4) is 0 Å². The fraction of sp³-hybridized carbons (Fsp3) is 0.257. The Hall–Kier alpha value is -4.19. The molecule has 0 saturated carbocycles. The summed E-state index contributed by atoms with van der Waals surface area (Å²) >= 11 is 0. The first-order chi connectivity index (χ1) is 20.5. The third-order valence-corrected chi connectivity index (χ3v) is 12.4. The van der Waals surface area contributed by atoms with E-state index in [2.05, 4.69) is 129 Å². The van der Waals surface area contributed by atoms with Gasteiger partial charge in [0, 0.05) is 69.6 Å². The number of allylic oxidation sites excluding steroid dienone is 1. The lowest BCUT2D eigenvalue weighted by molar-refractivity contribution is -0.384. The maximum absolute atomic E-state index is 11.8. The van der Waals surface area contributed by atoms with Gasteiger partial charge in [0.15, 0.2) is 0 Å². The van der Waals surface area contributed by atoms with Crippen LogP contribution < -0.4 is 10.2 Å². The summed E-state index contributed by atoms with van der Waals surface area (Å²) in [6.45, 7) is 9.55. The van der Waals surface area contributed by atoms with Crippen LogP contribution in [-0.4, -0.2) is 35.3 Å². The highest BCUT2D eigenvalue weighted by Gasteiger charge is 2.40. The molecular formula is C35H38N5O2P. The Kier molecular flexibility index (Phi) is 7.07. The molecule has 43 heavy (non-hydrogen) atoms. The molecule has 0 amide bonds. The van der Waals surface area contributed by atoms with Crippen LogP contribution in [-0.2, 0) is 12.0 Å². The first kappa shape index (κ1) is 28.9. The van der Waals surface area contributed by atoms with E-state index in [0.29, 0.717) is 5.69 Å². The molecule has 7 nitrogen and oxygen atoms in total. The molecule has 4 aromatic carbocycles. The number of nitrogens with zero attached hydrogens (tertiary/aromatic N) is 5. The number of likely N-dealkylation sites (N-methyl/N-ethyl adjacent to an activating group) is 1. The summed E-state index contributed by atoms with van der Waals surface area (Å²) in [5, 5.41) is 15.3. The molecule has 0 fully saturated rings. The average molecular weight is 592 g/mol. The summed E-state index contributed by atoms with van der Waals surface area (Å²) < 4.78 is 10.1. The third-order valence-electron chi connectivity index (χ3n) is 8.97. The van der Waals surface area contributed by atoms with Crippen LogP contribution in [0.2, 0.25) is 0 Å². The Balaban J connectivity index is 1.72. The molecule has 0 aliphatic carbocycles. The smallest absolute Gasteiger partial charge is 0.271 e. The van der Waals surface area contributed by atoms with Crippen molar-refractivity contribution < 1.29 is 4.92 Å².